The van der Waals surface area contributed by atoms with Crippen LogP contribution in [0.25, 0.3) is 0 Å². The molecule has 1 aromatic rings. The maximum atomic E-state index is 12.6. The molecule has 1 aromatic carbocycles. The summed E-state index contributed by atoms with van der Waals surface area (Å²) in [7, 11) is 0. The number of nitrogens with two attached hydrogens (primary N) is 1. The summed E-state index contributed by atoms with van der Waals surface area (Å²) in [6, 6.07) is 5.37. The minimum Gasteiger partial charge on any atom is -0.329 e. The Morgan fingerprint density at radius 1 is 1.25 bits per heavy atom. The van der Waals surface area contributed by atoms with Gasteiger partial charge >= 0.3 is 6.18 Å². The quantitative estimate of drug-likeness (QED) is 0.922. The van der Waals surface area contributed by atoms with Crippen molar-refractivity contribution in [3.05, 3.63) is 35.4 Å². The van der Waals surface area contributed by atoms with E-state index in [4.69, 9.17) is 5.73 Å². The molecule has 1 heterocycles. The molecule has 0 radical (unpaired) electrons. The number of hydrogen-bond acceptors (Lipinski definition) is 2. The molecule has 5 heteroatoms. The van der Waals surface area contributed by atoms with Crippen LogP contribution >= 0.6 is 0 Å². The van der Waals surface area contributed by atoms with Gasteiger partial charge in [-0.1, -0.05) is 26.0 Å². The van der Waals surface area contributed by atoms with Crippen molar-refractivity contribution in [3.63, 3.8) is 0 Å². The first-order valence-electron chi connectivity index (χ1n) is 6.84. The monoisotopic (exact) mass is 286 g/mol. The number of alkyl halides is 3. The molecule has 0 aromatic heterocycles. The summed E-state index contributed by atoms with van der Waals surface area (Å²) in [6.45, 7) is 6.69. The van der Waals surface area contributed by atoms with E-state index in [2.05, 4.69) is 18.7 Å². The predicted molar refractivity (Wildman–Crippen MR) is 73.2 cm³/mol. The van der Waals surface area contributed by atoms with E-state index in [1.165, 1.54) is 0 Å². The molecule has 0 saturated carbocycles. The molecule has 1 saturated heterocycles. The molecule has 1 unspecified atom stereocenters. The maximum Gasteiger partial charge on any atom is 0.416 e. The van der Waals surface area contributed by atoms with Crippen molar-refractivity contribution in [1.82, 2.24) is 4.90 Å². The van der Waals surface area contributed by atoms with Crippen molar-refractivity contribution in [2.45, 2.75) is 32.5 Å². The Labute approximate surface area is 117 Å². The van der Waals surface area contributed by atoms with Crippen molar-refractivity contribution in [2.75, 3.05) is 19.6 Å². The smallest absolute Gasteiger partial charge is 0.329 e. The van der Waals surface area contributed by atoms with Crippen LogP contribution in [-0.4, -0.2) is 24.5 Å². The zero-order valence-corrected chi connectivity index (χ0v) is 11.9. The SMILES string of the molecule is CC1(C)CCN(C(CN)c2ccc(C(F)(F)F)cc2)C1. The highest BCUT2D eigenvalue weighted by atomic mass is 19.4. The van der Waals surface area contributed by atoms with Gasteiger partial charge in [0.1, 0.15) is 0 Å². The Hall–Kier alpha value is -1.07. The van der Waals surface area contributed by atoms with Crippen LogP contribution in [0.3, 0.4) is 0 Å². The fourth-order valence-electron chi connectivity index (χ4n) is 2.81. The standard InChI is InChI=1S/C15H21F3N2/c1-14(2)7-8-20(10-14)13(9-19)11-3-5-12(6-4-11)15(16,17)18/h3-6,13H,7-10,19H2,1-2H3. The molecule has 2 nitrogen and oxygen atoms in total. The molecule has 1 atom stereocenters. The van der Waals surface area contributed by atoms with Crippen LogP contribution in [0.1, 0.15) is 37.4 Å². The Morgan fingerprint density at radius 3 is 2.25 bits per heavy atom. The summed E-state index contributed by atoms with van der Waals surface area (Å²) in [5, 5.41) is 0. The summed E-state index contributed by atoms with van der Waals surface area (Å²) in [4.78, 5) is 2.27. The van der Waals surface area contributed by atoms with E-state index in [9.17, 15) is 13.2 Å². The van der Waals surface area contributed by atoms with Gasteiger partial charge in [-0.25, -0.2) is 0 Å². The maximum absolute atomic E-state index is 12.6. The third-order valence-corrected chi connectivity index (χ3v) is 3.99. The number of halogens is 3. The van der Waals surface area contributed by atoms with Crippen molar-refractivity contribution in [1.29, 1.82) is 0 Å². The Balaban J connectivity index is 2.16. The highest BCUT2D eigenvalue weighted by molar-refractivity contribution is 5.27. The van der Waals surface area contributed by atoms with Crippen molar-refractivity contribution in [2.24, 2.45) is 11.1 Å². The first kappa shape index (κ1) is 15.3. The Morgan fingerprint density at radius 2 is 1.85 bits per heavy atom. The summed E-state index contributed by atoms with van der Waals surface area (Å²) in [6.07, 6.45) is -3.20. The van der Waals surface area contributed by atoms with E-state index >= 15 is 0 Å². The van der Waals surface area contributed by atoms with Gasteiger partial charge in [0, 0.05) is 19.1 Å². The normalized spacial score (nSPS) is 21.1. The molecule has 1 aliphatic heterocycles. The largest absolute Gasteiger partial charge is 0.416 e. The summed E-state index contributed by atoms with van der Waals surface area (Å²) < 4.78 is 37.7. The Kier molecular flexibility index (Phi) is 4.12. The van der Waals surface area contributed by atoms with E-state index in [0.717, 1.165) is 37.2 Å². The molecule has 1 aliphatic rings. The lowest BCUT2D eigenvalue weighted by molar-refractivity contribution is -0.137. The van der Waals surface area contributed by atoms with Crippen LogP contribution in [0.4, 0.5) is 13.2 Å². The van der Waals surface area contributed by atoms with Crippen LogP contribution in [0.15, 0.2) is 24.3 Å². The van der Waals surface area contributed by atoms with Crippen LogP contribution in [0.2, 0.25) is 0 Å². The average Bonchev–Trinajstić information content (AvgIpc) is 2.70. The van der Waals surface area contributed by atoms with Crippen molar-refractivity contribution < 1.29 is 13.2 Å². The second kappa shape index (κ2) is 5.37. The fourth-order valence-corrected chi connectivity index (χ4v) is 2.81. The summed E-state index contributed by atoms with van der Waals surface area (Å²) in [5.41, 5.74) is 6.33. The first-order valence-corrected chi connectivity index (χ1v) is 6.84. The molecule has 2 N–H and O–H groups in total. The third-order valence-electron chi connectivity index (χ3n) is 3.99. The minimum absolute atomic E-state index is 0.000872. The molecule has 20 heavy (non-hydrogen) atoms. The number of hydrogen-bond donors (Lipinski definition) is 1. The van der Waals surface area contributed by atoms with Gasteiger partial charge in [0.15, 0.2) is 0 Å². The Bertz CT molecular complexity index is 451. The lowest BCUT2D eigenvalue weighted by atomic mass is 9.93. The van der Waals surface area contributed by atoms with E-state index < -0.39 is 11.7 Å². The molecule has 0 amide bonds. The van der Waals surface area contributed by atoms with Gasteiger partial charge in [-0.05, 0) is 36.1 Å². The average molecular weight is 286 g/mol. The lowest BCUT2D eigenvalue weighted by Gasteiger charge is -2.28. The lowest BCUT2D eigenvalue weighted by Crippen LogP contribution is -2.33. The van der Waals surface area contributed by atoms with Crippen LogP contribution < -0.4 is 5.73 Å². The highest BCUT2D eigenvalue weighted by Gasteiger charge is 2.34. The second-order valence-electron chi connectivity index (χ2n) is 6.26. The van der Waals surface area contributed by atoms with E-state index in [-0.39, 0.29) is 11.5 Å². The first-order chi connectivity index (χ1) is 9.23. The minimum atomic E-state index is -4.29. The van der Waals surface area contributed by atoms with E-state index in [0.29, 0.717) is 6.54 Å². The second-order valence-corrected chi connectivity index (χ2v) is 6.26. The van der Waals surface area contributed by atoms with Crippen molar-refractivity contribution >= 4 is 0 Å². The molecule has 0 bridgehead atoms. The zero-order valence-electron chi connectivity index (χ0n) is 11.9. The highest BCUT2D eigenvalue weighted by Crippen LogP contribution is 2.35. The molecule has 0 aliphatic carbocycles. The van der Waals surface area contributed by atoms with E-state index in [1.807, 2.05) is 0 Å². The van der Waals surface area contributed by atoms with Gasteiger partial charge < -0.3 is 5.73 Å². The van der Waals surface area contributed by atoms with Gasteiger partial charge in [-0.3, -0.25) is 4.90 Å². The molecule has 0 spiro atoms. The van der Waals surface area contributed by atoms with Gasteiger partial charge in [0.25, 0.3) is 0 Å². The van der Waals surface area contributed by atoms with Crippen LogP contribution in [-0.2, 0) is 6.18 Å². The van der Waals surface area contributed by atoms with Crippen LogP contribution in [0.5, 0.6) is 0 Å². The van der Waals surface area contributed by atoms with E-state index in [1.54, 1.807) is 12.1 Å². The molecular weight excluding hydrogens is 265 g/mol. The topological polar surface area (TPSA) is 29.3 Å². The molecule has 1 fully saturated rings. The number of benzene rings is 1. The molecule has 112 valence electrons. The fraction of sp³-hybridized carbons (Fsp3) is 0.600. The van der Waals surface area contributed by atoms with Crippen LogP contribution in [0, 0.1) is 5.41 Å². The summed E-state index contributed by atoms with van der Waals surface area (Å²) in [5.74, 6) is 0. The van der Waals surface area contributed by atoms with Gasteiger partial charge in [0.05, 0.1) is 5.56 Å². The molecular formula is C15H21F3N2. The number of rotatable bonds is 3. The summed E-state index contributed by atoms with van der Waals surface area (Å²) >= 11 is 0. The molecule has 2 rings (SSSR count). The van der Waals surface area contributed by atoms with Gasteiger partial charge in [-0.15, -0.1) is 0 Å². The number of likely N-dealkylation sites (tertiary alicyclic amines) is 1. The predicted octanol–water partition coefficient (Wildman–Crippen LogP) is 3.44. The number of nitrogens with zero attached hydrogens (tertiary/aromatic N) is 1. The zero-order chi connectivity index (χ0) is 15.0. The third kappa shape index (κ3) is 3.33. The van der Waals surface area contributed by atoms with Gasteiger partial charge in [-0.2, -0.15) is 13.2 Å². The van der Waals surface area contributed by atoms with Gasteiger partial charge in [0.2, 0.25) is 0 Å². The van der Waals surface area contributed by atoms with Crippen molar-refractivity contribution in [3.8, 4) is 0 Å².